The predicted octanol–water partition coefficient (Wildman–Crippen LogP) is 3.49. The third-order valence-corrected chi connectivity index (χ3v) is 2.53. The van der Waals surface area contributed by atoms with E-state index in [-0.39, 0.29) is 28.1 Å². The maximum absolute atomic E-state index is 12.1. The molecular weight excluding hydrogens is 333 g/mol. The molecule has 0 bridgehead atoms. The molecule has 0 radical (unpaired) electrons. The fourth-order valence-corrected chi connectivity index (χ4v) is 1.80. The fourth-order valence-electron chi connectivity index (χ4n) is 1.25. The lowest BCUT2D eigenvalue weighted by atomic mass is 10.2. The standard InChI is InChI=1S/C11H10BrF3O4/c1-2-18-8-4-6(10(16)17)3-7(12)9(8)19-5-11(13,14)15/h3-4H,2,5H2,1H3,(H,16,17). The molecule has 0 atom stereocenters. The smallest absolute Gasteiger partial charge is 0.422 e. The molecule has 4 nitrogen and oxygen atoms in total. The summed E-state index contributed by atoms with van der Waals surface area (Å²) in [5.74, 6) is -1.45. The van der Waals surface area contributed by atoms with Gasteiger partial charge in [-0.3, -0.25) is 0 Å². The Labute approximate surface area is 115 Å². The van der Waals surface area contributed by atoms with E-state index in [1.54, 1.807) is 6.92 Å². The van der Waals surface area contributed by atoms with Crippen LogP contribution in [-0.2, 0) is 0 Å². The van der Waals surface area contributed by atoms with Gasteiger partial charge in [0.15, 0.2) is 18.1 Å². The number of benzene rings is 1. The molecule has 1 rings (SSSR count). The number of carboxylic acids is 1. The van der Waals surface area contributed by atoms with Crippen molar-refractivity contribution in [3.63, 3.8) is 0 Å². The first-order valence-electron chi connectivity index (χ1n) is 5.13. The van der Waals surface area contributed by atoms with E-state index >= 15 is 0 Å². The summed E-state index contributed by atoms with van der Waals surface area (Å²) in [6, 6.07) is 2.26. The maximum Gasteiger partial charge on any atom is 0.422 e. The predicted molar refractivity (Wildman–Crippen MR) is 63.8 cm³/mol. The van der Waals surface area contributed by atoms with Gasteiger partial charge in [-0.25, -0.2) is 4.79 Å². The highest BCUT2D eigenvalue weighted by molar-refractivity contribution is 9.10. The molecule has 0 aliphatic carbocycles. The summed E-state index contributed by atoms with van der Waals surface area (Å²) < 4.78 is 46.2. The van der Waals surface area contributed by atoms with E-state index in [9.17, 15) is 18.0 Å². The molecule has 0 aromatic heterocycles. The molecule has 1 aromatic carbocycles. The zero-order valence-electron chi connectivity index (χ0n) is 9.75. The third kappa shape index (κ3) is 4.62. The lowest BCUT2D eigenvalue weighted by molar-refractivity contribution is -0.153. The van der Waals surface area contributed by atoms with E-state index in [4.69, 9.17) is 9.84 Å². The Balaban J connectivity index is 3.10. The summed E-state index contributed by atoms with van der Waals surface area (Å²) >= 11 is 2.97. The number of ether oxygens (including phenoxy) is 2. The normalized spacial score (nSPS) is 11.2. The summed E-state index contributed by atoms with van der Waals surface area (Å²) in [6.45, 7) is 0.296. The molecule has 0 saturated carbocycles. The van der Waals surface area contributed by atoms with Crippen LogP contribution in [0, 0.1) is 0 Å². The number of alkyl halides is 3. The molecule has 1 N–H and O–H groups in total. The van der Waals surface area contributed by atoms with Crippen LogP contribution >= 0.6 is 15.9 Å². The van der Waals surface area contributed by atoms with Crippen molar-refractivity contribution >= 4 is 21.9 Å². The Morgan fingerprint density at radius 2 is 2.00 bits per heavy atom. The van der Waals surface area contributed by atoms with Crippen molar-refractivity contribution in [2.75, 3.05) is 13.2 Å². The molecule has 0 amide bonds. The van der Waals surface area contributed by atoms with Crippen LogP contribution in [0.2, 0.25) is 0 Å². The Bertz CT molecular complexity index is 474. The lowest BCUT2D eigenvalue weighted by Crippen LogP contribution is -2.20. The average Bonchev–Trinajstić information content (AvgIpc) is 2.26. The minimum atomic E-state index is -4.49. The number of hydrogen-bond donors (Lipinski definition) is 1. The Kier molecular flexibility index (Phi) is 5.04. The van der Waals surface area contributed by atoms with Crippen LogP contribution in [0.3, 0.4) is 0 Å². The SMILES string of the molecule is CCOc1cc(C(=O)O)cc(Br)c1OCC(F)(F)F. The second-order valence-corrected chi connectivity index (χ2v) is 4.28. The third-order valence-electron chi connectivity index (χ3n) is 1.94. The molecule has 0 spiro atoms. The first-order valence-corrected chi connectivity index (χ1v) is 5.93. The van der Waals surface area contributed by atoms with Gasteiger partial charge in [0.1, 0.15) is 0 Å². The van der Waals surface area contributed by atoms with Crippen molar-refractivity contribution in [2.24, 2.45) is 0 Å². The molecule has 0 heterocycles. The van der Waals surface area contributed by atoms with Gasteiger partial charge in [-0.2, -0.15) is 13.2 Å². The largest absolute Gasteiger partial charge is 0.490 e. The second-order valence-electron chi connectivity index (χ2n) is 3.43. The van der Waals surface area contributed by atoms with E-state index in [1.165, 1.54) is 0 Å². The van der Waals surface area contributed by atoms with Gasteiger partial charge in [-0.1, -0.05) is 0 Å². The monoisotopic (exact) mass is 342 g/mol. The minimum Gasteiger partial charge on any atom is -0.490 e. The van der Waals surface area contributed by atoms with Crippen LogP contribution in [0.4, 0.5) is 13.2 Å². The number of hydrogen-bond acceptors (Lipinski definition) is 3. The van der Waals surface area contributed by atoms with Crippen LogP contribution in [-0.4, -0.2) is 30.5 Å². The van der Waals surface area contributed by atoms with E-state index in [0.29, 0.717) is 0 Å². The second kappa shape index (κ2) is 6.14. The summed E-state index contributed by atoms with van der Waals surface area (Å²) in [6.07, 6.45) is -4.49. The number of carboxylic acid groups (broad SMARTS) is 1. The van der Waals surface area contributed by atoms with Gasteiger partial charge in [0.2, 0.25) is 0 Å². The van der Waals surface area contributed by atoms with Crippen LogP contribution in [0.25, 0.3) is 0 Å². The molecule has 0 unspecified atom stereocenters. The van der Waals surface area contributed by atoms with Crippen LogP contribution in [0.5, 0.6) is 11.5 Å². The molecule has 0 aliphatic rings. The van der Waals surface area contributed by atoms with Gasteiger partial charge in [0, 0.05) is 0 Å². The van der Waals surface area contributed by atoms with Gasteiger partial charge in [0.25, 0.3) is 0 Å². The highest BCUT2D eigenvalue weighted by atomic mass is 79.9. The van der Waals surface area contributed by atoms with Gasteiger partial charge >= 0.3 is 12.1 Å². The first kappa shape index (κ1) is 15.6. The number of aromatic carboxylic acids is 1. The molecule has 1 aromatic rings. The van der Waals surface area contributed by atoms with Crippen LogP contribution in [0.15, 0.2) is 16.6 Å². The minimum absolute atomic E-state index is 0.0569. The number of halogens is 4. The Morgan fingerprint density at radius 3 is 2.47 bits per heavy atom. The van der Waals surface area contributed by atoms with E-state index < -0.39 is 18.8 Å². The summed E-state index contributed by atoms with van der Waals surface area (Å²) in [4.78, 5) is 10.8. The van der Waals surface area contributed by atoms with E-state index in [1.807, 2.05) is 0 Å². The van der Waals surface area contributed by atoms with Crippen molar-refractivity contribution in [3.05, 3.63) is 22.2 Å². The topological polar surface area (TPSA) is 55.8 Å². The van der Waals surface area contributed by atoms with Crippen molar-refractivity contribution in [1.82, 2.24) is 0 Å². The summed E-state index contributed by atoms with van der Waals surface area (Å²) in [7, 11) is 0. The molecule has 19 heavy (non-hydrogen) atoms. The van der Waals surface area contributed by atoms with Gasteiger partial charge in [-0.15, -0.1) is 0 Å². The van der Waals surface area contributed by atoms with E-state index in [2.05, 4.69) is 20.7 Å². The van der Waals surface area contributed by atoms with Crippen molar-refractivity contribution in [3.8, 4) is 11.5 Å². The van der Waals surface area contributed by atoms with Gasteiger partial charge < -0.3 is 14.6 Å². The van der Waals surface area contributed by atoms with Crippen molar-refractivity contribution in [1.29, 1.82) is 0 Å². The summed E-state index contributed by atoms with van der Waals surface area (Å²) in [5.41, 5.74) is -0.116. The van der Waals surface area contributed by atoms with Gasteiger partial charge in [0.05, 0.1) is 16.6 Å². The molecule has 0 saturated heterocycles. The highest BCUT2D eigenvalue weighted by Crippen LogP contribution is 2.37. The Morgan fingerprint density at radius 1 is 1.37 bits per heavy atom. The van der Waals surface area contributed by atoms with Crippen LogP contribution in [0.1, 0.15) is 17.3 Å². The molecule has 0 aliphatic heterocycles. The molecule has 0 fully saturated rings. The molecule has 8 heteroatoms. The zero-order valence-corrected chi connectivity index (χ0v) is 11.3. The van der Waals surface area contributed by atoms with E-state index in [0.717, 1.165) is 12.1 Å². The maximum atomic E-state index is 12.1. The lowest BCUT2D eigenvalue weighted by Gasteiger charge is -2.15. The Hall–Kier alpha value is -1.44. The average molecular weight is 343 g/mol. The first-order chi connectivity index (χ1) is 8.74. The number of rotatable bonds is 5. The fraction of sp³-hybridized carbons (Fsp3) is 0.364. The van der Waals surface area contributed by atoms with Crippen LogP contribution < -0.4 is 9.47 Å². The molecule has 106 valence electrons. The van der Waals surface area contributed by atoms with Crippen molar-refractivity contribution in [2.45, 2.75) is 13.1 Å². The van der Waals surface area contributed by atoms with Gasteiger partial charge in [-0.05, 0) is 35.0 Å². The summed E-state index contributed by atoms with van der Waals surface area (Å²) in [5, 5.41) is 8.85. The highest BCUT2D eigenvalue weighted by Gasteiger charge is 2.29. The zero-order chi connectivity index (χ0) is 14.6. The quantitative estimate of drug-likeness (QED) is 0.889. The van der Waals surface area contributed by atoms with Crippen molar-refractivity contribution < 1.29 is 32.5 Å². The molecular formula is C11H10BrF3O4. The number of carbonyl (C=O) groups is 1.